The van der Waals surface area contributed by atoms with Crippen LogP contribution in [0, 0.1) is 6.92 Å². The summed E-state index contributed by atoms with van der Waals surface area (Å²) in [6.45, 7) is 3.13. The molecule has 2 aromatic carbocycles. The normalized spacial score (nSPS) is 13.2. The molecule has 0 aliphatic carbocycles. The van der Waals surface area contributed by atoms with Crippen LogP contribution in [0.2, 0.25) is 0 Å². The molecule has 5 N–H and O–H groups in total. The quantitative estimate of drug-likeness (QED) is 0.290. The van der Waals surface area contributed by atoms with Gasteiger partial charge in [0.2, 0.25) is 5.91 Å². The minimum atomic E-state index is -1.21. The van der Waals surface area contributed by atoms with Crippen LogP contribution < -0.4 is 20.7 Å². The van der Waals surface area contributed by atoms with Gasteiger partial charge in [0, 0.05) is 31.9 Å². The molecular weight excluding hydrogens is 534 g/mol. The lowest BCUT2D eigenvalue weighted by molar-refractivity contribution is -0.139. The summed E-state index contributed by atoms with van der Waals surface area (Å²) in [5, 5.41) is 26.0. The highest BCUT2D eigenvalue weighted by molar-refractivity contribution is 6.01. The third kappa shape index (κ3) is 9.41. The van der Waals surface area contributed by atoms with Crippen molar-refractivity contribution in [1.29, 1.82) is 0 Å². The topological polar surface area (TPSA) is 178 Å². The van der Waals surface area contributed by atoms with E-state index in [4.69, 9.17) is 14.9 Å². The molecule has 1 heterocycles. The standard InChI is InChI=1S/C28H35N5O8/c1-18-6-3-4-7-21(18)30-27(39)31-22-9-8-19(14-23(22)41-2)15-24(34)32-10-5-11-33(13-12-32)28(40)29-20(16-25(35)36)17-26(37)38/h3-4,6-9,14,20H,5,10-13,15-17H2,1-2H3,(H,29,40)(H,35,36)(H,37,38)(H2,30,31,39). The zero-order chi connectivity index (χ0) is 29.9. The molecule has 0 aromatic heterocycles. The Labute approximate surface area is 237 Å². The van der Waals surface area contributed by atoms with Crippen LogP contribution in [-0.4, -0.2) is 89.3 Å². The smallest absolute Gasteiger partial charge is 0.323 e. The number of benzene rings is 2. The Balaban J connectivity index is 1.56. The maximum absolute atomic E-state index is 13.1. The van der Waals surface area contributed by atoms with Crippen molar-refractivity contribution >= 4 is 41.3 Å². The van der Waals surface area contributed by atoms with Crippen molar-refractivity contribution in [3.63, 3.8) is 0 Å². The summed E-state index contributed by atoms with van der Waals surface area (Å²) in [6, 6.07) is 10.4. The fourth-order valence-corrected chi connectivity index (χ4v) is 4.46. The van der Waals surface area contributed by atoms with Crippen molar-refractivity contribution in [2.45, 2.75) is 38.6 Å². The van der Waals surface area contributed by atoms with Gasteiger partial charge in [-0.2, -0.15) is 0 Å². The van der Waals surface area contributed by atoms with Gasteiger partial charge in [0.05, 0.1) is 38.1 Å². The number of ether oxygens (including phenoxy) is 1. The zero-order valence-electron chi connectivity index (χ0n) is 23.0. The van der Waals surface area contributed by atoms with Crippen LogP contribution in [0.4, 0.5) is 21.0 Å². The van der Waals surface area contributed by atoms with Gasteiger partial charge >= 0.3 is 24.0 Å². The molecule has 41 heavy (non-hydrogen) atoms. The van der Waals surface area contributed by atoms with E-state index >= 15 is 0 Å². The van der Waals surface area contributed by atoms with Crippen molar-refractivity contribution in [1.82, 2.24) is 15.1 Å². The Morgan fingerprint density at radius 1 is 0.878 bits per heavy atom. The number of amides is 5. The molecule has 0 saturated carbocycles. The van der Waals surface area contributed by atoms with Gasteiger partial charge in [-0.15, -0.1) is 0 Å². The Morgan fingerprint density at radius 3 is 2.17 bits per heavy atom. The molecule has 220 valence electrons. The summed E-state index contributed by atoms with van der Waals surface area (Å²) in [4.78, 5) is 63.4. The number of urea groups is 2. The number of carboxylic acids is 2. The highest BCUT2D eigenvalue weighted by Crippen LogP contribution is 2.26. The average molecular weight is 570 g/mol. The minimum Gasteiger partial charge on any atom is -0.495 e. The fraction of sp³-hybridized carbons (Fsp3) is 0.393. The SMILES string of the molecule is COc1cc(CC(=O)N2CCCN(C(=O)NC(CC(=O)O)CC(=O)O)CC2)ccc1NC(=O)Nc1ccccc1C. The summed E-state index contributed by atoms with van der Waals surface area (Å²) in [7, 11) is 1.47. The van der Waals surface area contributed by atoms with E-state index in [0.717, 1.165) is 5.56 Å². The highest BCUT2D eigenvalue weighted by atomic mass is 16.5. The maximum atomic E-state index is 13.1. The second-order valence-corrected chi connectivity index (χ2v) is 9.67. The maximum Gasteiger partial charge on any atom is 0.323 e. The average Bonchev–Trinajstić information content (AvgIpc) is 3.17. The third-order valence-corrected chi connectivity index (χ3v) is 6.57. The first-order valence-electron chi connectivity index (χ1n) is 13.1. The molecular formula is C28H35N5O8. The number of rotatable bonds is 10. The fourth-order valence-electron chi connectivity index (χ4n) is 4.46. The molecule has 13 heteroatoms. The molecule has 5 amide bonds. The molecule has 0 radical (unpaired) electrons. The molecule has 1 aliphatic heterocycles. The number of hydrogen-bond donors (Lipinski definition) is 5. The van der Waals surface area contributed by atoms with Crippen LogP contribution >= 0.6 is 0 Å². The number of carboxylic acid groups (broad SMARTS) is 2. The number of aliphatic carboxylic acids is 2. The molecule has 13 nitrogen and oxygen atoms in total. The van der Waals surface area contributed by atoms with Crippen LogP contribution in [0.3, 0.4) is 0 Å². The number of carbonyl (C=O) groups is 5. The highest BCUT2D eigenvalue weighted by Gasteiger charge is 2.26. The molecule has 0 bridgehead atoms. The molecule has 1 saturated heterocycles. The molecule has 0 unspecified atom stereocenters. The molecule has 2 aromatic rings. The van der Waals surface area contributed by atoms with Gasteiger partial charge in [0.25, 0.3) is 0 Å². The van der Waals surface area contributed by atoms with Gasteiger partial charge in [-0.05, 0) is 42.7 Å². The number of nitrogens with one attached hydrogen (secondary N) is 3. The van der Waals surface area contributed by atoms with Crippen LogP contribution in [-0.2, 0) is 20.8 Å². The minimum absolute atomic E-state index is 0.0809. The van der Waals surface area contributed by atoms with Gasteiger partial charge in [-0.1, -0.05) is 24.3 Å². The Morgan fingerprint density at radius 2 is 1.51 bits per heavy atom. The van der Waals surface area contributed by atoms with E-state index < -0.39 is 42.9 Å². The summed E-state index contributed by atoms with van der Waals surface area (Å²) in [5.74, 6) is -2.18. The van der Waals surface area contributed by atoms with Crippen molar-refractivity contribution in [2.24, 2.45) is 0 Å². The van der Waals surface area contributed by atoms with E-state index in [-0.39, 0.29) is 25.4 Å². The lowest BCUT2D eigenvalue weighted by Crippen LogP contribution is -2.47. The first kappa shape index (κ1) is 30.7. The lowest BCUT2D eigenvalue weighted by Gasteiger charge is -2.25. The van der Waals surface area contributed by atoms with Crippen LogP contribution in [0.5, 0.6) is 5.75 Å². The number of anilines is 2. The van der Waals surface area contributed by atoms with E-state index in [9.17, 15) is 24.0 Å². The van der Waals surface area contributed by atoms with Gasteiger partial charge in [0.1, 0.15) is 5.75 Å². The van der Waals surface area contributed by atoms with Crippen LogP contribution in [0.25, 0.3) is 0 Å². The molecule has 3 rings (SSSR count). The third-order valence-electron chi connectivity index (χ3n) is 6.57. The first-order chi connectivity index (χ1) is 19.5. The second kappa shape index (κ2) is 14.5. The van der Waals surface area contributed by atoms with Crippen LogP contribution in [0.1, 0.15) is 30.4 Å². The predicted molar refractivity (Wildman–Crippen MR) is 150 cm³/mol. The molecule has 1 fully saturated rings. The van der Waals surface area contributed by atoms with E-state index in [2.05, 4.69) is 16.0 Å². The van der Waals surface area contributed by atoms with E-state index in [1.807, 2.05) is 25.1 Å². The summed E-state index contributed by atoms with van der Waals surface area (Å²) in [6.07, 6.45) is -0.432. The second-order valence-electron chi connectivity index (χ2n) is 9.67. The Hall–Kier alpha value is -4.81. The number of nitrogens with zero attached hydrogens (tertiary/aromatic N) is 2. The number of aryl methyl sites for hydroxylation is 1. The summed E-state index contributed by atoms with van der Waals surface area (Å²) >= 11 is 0. The van der Waals surface area contributed by atoms with Crippen LogP contribution in [0.15, 0.2) is 42.5 Å². The number of methoxy groups -OCH3 is 1. The number of carbonyl (C=O) groups excluding carboxylic acids is 3. The lowest BCUT2D eigenvalue weighted by atomic mass is 10.1. The summed E-state index contributed by atoms with van der Waals surface area (Å²) < 4.78 is 5.44. The largest absolute Gasteiger partial charge is 0.495 e. The van der Waals surface area contributed by atoms with E-state index in [1.165, 1.54) is 12.0 Å². The van der Waals surface area contributed by atoms with Gasteiger partial charge in [0.15, 0.2) is 0 Å². The monoisotopic (exact) mass is 569 g/mol. The van der Waals surface area contributed by atoms with E-state index in [1.54, 1.807) is 29.2 Å². The van der Waals surface area contributed by atoms with Gasteiger partial charge in [-0.3, -0.25) is 14.4 Å². The van der Waals surface area contributed by atoms with Crippen molar-refractivity contribution < 1.29 is 38.9 Å². The number of hydrogen-bond acceptors (Lipinski definition) is 6. The van der Waals surface area contributed by atoms with Crippen molar-refractivity contribution in [2.75, 3.05) is 43.9 Å². The predicted octanol–water partition coefficient (Wildman–Crippen LogP) is 2.75. The van der Waals surface area contributed by atoms with Gasteiger partial charge < -0.3 is 40.7 Å². The number of para-hydroxylation sites is 1. The summed E-state index contributed by atoms with van der Waals surface area (Å²) in [5.41, 5.74) is 2.72. The van der Waals surface area contributed by atoms with Gasteiger partial charge in [-0.25, -0.2) is 9.59 Å². The molecule has 0 spiro atoms. The Kier molecular flexibility index (Phi) is 10.9. The first-order valence-corrected chi connectivity index (χ1v) is 13.1. The van der Waals surface area contributed by atoms with E-state index in [0.29, 0.717) is 42.2 Å². The zero-order valence-corrected chi connectivity index (χ0v) is 23.0. The molecule has 1 aliphatic rings. The van der Waals surface area contributed by atoms with Crippen molar-refractivity contribution in [3.05, 3.63) is 53.6 Å². The molecule has 0 atom stereocenters. The van der Waals surface area contributed by atoms with Crippen molar-refractivity contribution in [3.8, 4) is 5.75 Å². The Bertz CT molecular complexity index is 1270.